The SMILES string of the molecule is CB([NH-])O.[CH2-]N(C)c1ccccc1.[Y+3]. The summed E-state index contributed by atoms with van der Waals surface area (Å²) in [4.78, 5) is 1.83. The fraction of sp³-hybridized carbons (Fsp3) is 0.222. The van der Waals surface area contributed by atoms with E-state index in [1.54, 1.807) is 0 Å². The minimum absolute atomic E-state index is 0. The molecule has 1 aromatic carbocycles. The summed E-state index contributed by atoms with van der Waals surface area (Å²) in [6.45, 7) is 1.39. The van der Waals surface area contributed by atoms with Gasteiger partial charge < -0.3 is 15.6 Å². The van der Waals surface area contributed by atoms with Gasteiger partial charge in [0.1, 0.15) is 0 Å². The fourth-order valence-electron chi connectivity index (χ4n) is 0.682. The van der Waals surface area contributed by atoms with Gasteiger partial charge >= 0.3 is 32.7 Å². The first-order valence-corrected chi connectivity index (χ1v) is 4.02. The maximum atomic E-state index is 7.72. The summed E-state index contributed by atoms with van der Waals surface area (Å²) in [6.07, 6.45) is 0. The van der Waals surface area contributed by atoms with Gasteiger partial charge in [0.25, 0.3) is 0 Å². The first-order valence-electron chi connectivity index (χ1n) is 4.02. The Labute approximate surface area is 112 Å². The van der Waals surface area contributed by atoms with Crippen LogP contribution >= 0.6 is 0 Å². The Balaban J connectivity index is 0. The molecule has 5 heteroatoms. The van der Waals surface area contributed by atoms with Gasteiger partial charge in [0, 0.05) is 5.69 Å². The van der Waals surface area contributed by atoms with E-state index in [4.69, 9.17) is 10.7 Å². The molecule has 0 amide bonds. The zero-order valence-electron chi connectivity index (χ0n) is 8.64. The van der Waals surface area contributed by atoms with Crippen LogP contribution in [0.25, 0.3) is 5.64 Å². The molecule has 0 bridgehead atoms. The predicted octanol–water partition coefficient (Wildman–Crippen LogP) is 2.06. The van der Waals surface area contributed by atoms with E-state index in [9.17, 15) is 0 Å². The normalized spacial score (nSPS) is 7.79. The maximum absolute atomic E-state index is 7.72. The van der Waals surface area contributed by atoms with Crippen LogP contribution in [-0.2, 0) is 32.7 Å². The molecule has 0 aliphatic carbocycles. The van der Waals surface area contributed by atoms with Crippen molar-refractivity contribution in [1.29, 1.82) is 0 Å². The number of nitrogens with zero attached hydrogens (tertiary/aromatic N) is 1. The Bertz CT molecular complexity index is 217. The monoisotopic (exact) mass is 267 g/mol. The van der Waals surface area contributed by atoms with E-state index < -0.39 is 7.05 Å². The largest absolute Gasteiger partial charge is 3.00 e. The summed E-state index contributed by atoms with van der Waals surface area (Å²) < 4.78 is 0. The first kappa shape index (κ1) is 16.5. The maximum Gasteiger partial charge on any atom is 3.00 e. The Morgan fingerprint density at radius 2 is 1.71 bits per heavy atom. The molecule has 0 radical (unpaired) electrons. The average Bonchev–Trinajstić information content (AvgIpc) is 2.05. The molecule has 0 unspecified atom stereocenters. The van der Waals surface area contributed by atoms with E-state index in [-0.39, 0.29) is 32.7 Å². The second-order valence-electron chi connectivity index (χ2n) is 2.71. The summed E-state index contributed by atoms with van der Waals surface area (Å²) >= 11 is 0. The molecule has 72 valence electrons. The molecule has 0 spiro atoms. The van der Waals surface area contributed by atoms with Crippen LogP contribution in [0.4, 0.5) is 5.69 Å². The summed E-state index contributed by atoms with van der Waals surface area (Å²) in [6, 6.07) is 10.0. The molecule has 2 N–H and O–H groups in total. The number of benzene rings is 1. The third kappa shape index (κ3) is 10.2. The Hall–Kier alpha value is 0.109. The predicted molar refractivity (Wildman–Crippen MR) is 58.4 cm³/mol. The van der Waals surface area contributed by atoms with Crippen LogP contribution in [0.2, 0.25) is 6.82 Å². The van der Waals surface area contributed by atoms with Crippen molar-refractivity contribution in [3.8, 4) is 0 Å². The van der Waals surface area contributed by atoms with Gasteiger partial charge in [-0.15, -0.1) is 0 Å². The van der Waals surface area contributed by atoms with Gasteiger partial charge in [-0.05, 0) is 19.2 Å². The van der Waals surface area contributed by atoms with Gasteiger partial charge in [-0.1, -0.05) is 25.0 Å². The summed E-state index contributed by atoms with van der Waals surface area (Å²) in [5.41, 5.74) is 7.28. The van der Waals surface area contributed by atoms with E-state index in [0.29, 0.717) is 0 Å². The zero-order chi connectivity index (χ0) is 10.3. The molecular weight excluding hydrogens is 252 g/mol. The molecule has 0 heterocycles. The quantitative estimate of drug-likeness (QED) is 0.625. The molecule has 0 fully saturated rings. The zero-order valence-corrected chi connectivity index (χ0v) is 11.5. The van der Waals surface area contributed by atoms with Gasteiger partial charge in [-0.3, -0.25) is 7.05 Å². The van der Waals surface area contributed by atoms with E-state index in [1.807, 2.05) is 42.3 Å². The summed E-state index contributed by atoms with van der Waals surface area (Å²) in [5, 5.41) is 7.72. The Morgan fingerprint density at radius 3 is 1.93 bits per heavy atom. The van der Waals surface area contributed by atoms with Crippen LogP contribution in [0, 0.1) is 7.05 Å². The van der Waals surface area contributed by atoms with Crippen LogP contribution < -0.4 is 4.90 Å². The van der Waals surface area contributed by atoms with Crippen molar-refractivity contribution in [3.05, 3.63) is 43.0 Å². The Morgan fingerprint density at radius 1 is 1.36 bits per heavy atom. The molecule has 0 atom stereocenters. The topological polar surface area (TPSA) is 47.3 Å². The molecule has 0 aromatic heterocycles. The smallest absolute Gasteiger partial charge is 0.676 e. The van der Waals surface area contributed by atoms with Crippen LogP contribution in [0.15, 0.2) is 30.3 Å². The van der Waals surface area contributed by atoms with E-state index >= 15 is 0 Å². The molecule has 14 heavy (non-hydrogen) atoms. The van der Waals surface area contributed by atoms with Gasteiger partial charge in [-0.2, -0.15) is 0 Å². The van der Waals surface area contributed by atoms with Crippen molar-refractivity contribution < 1.29 is 37.7 Å². The van der Waals surface area contributed by atoms with Gasteiger partial charge in [0.2, 0.25) is 0 Å². The number of rotatable bonds is 1. The van der Waals surface area contributed by atoms with Gasteiger partial charge in [0.05, 0.1) is 0 Å². The number of hydrogen-bond donors (Lipinski definition) is 1. The number of para-hydroxylation sites is 1. The second kappa shape index (κ2) is 9.66. The summed E-state index contributed by atoms with van der Waals surface area (Å²) in [5.74, 6) is 0. The van der Waals surface area contributed by atoms with Gasteiger partial charge in [0.15, 0.2) is 7.05 Å². The first-order chi connectivity index (χ1) is 6.04. The average molecular weight is 267 g/mol. The van der Waals surface area contributed by atoms with E-state index in [2.05, 4.69) is 7.05 Å². The van der Waals surface area contributed by atoms with Crippen molar-refractivity contribution >= 4 is 12.7 Å². The van der Waals surface area contributed by atoms with Crippen LogP contribution in [0.5, 0.6) is 0 Å². The molecule has 0 saturated heterocycles. The minimum atomic E-state index is -0.917. The van der Waals surface area contributed by atoms with Crippen LogP contribution in [0.1, 0.15) is 0 Å². The molecule has 0 aliphatic rings. The van der Waals surface area contributed by atoms with Crippen LogP contribution in [0.3, 0.4) is 0 Å². The standard InChI is InChI=1S/C8H10N.CH5BNO.Y/c1-9(2)8-6-4-3-5-7-8;1-2(3)4;/h3-7H,1H2,2H3;3-4H,1H3;/q2*-1;+3. The third-order valence-corrected chi connectivity index (χ3v) is 1.20. The van der Waals surface area contributed by atoms with Crippen LogP contribution in [-0.4, -0.2) is 19.1 Å². The Kier molecular flexibility index (Phi) is 11.4. The number of hydrogen-bond acceptors (Lipinski definition) is 2. The van der Waals surface area contributed by atoms with Crippen molar-refractivity contribution in [2.24, 2.45) is 0 Å². The van der Waals surface area contributed by atoms with E-state index in [0.717, 1.165) is 5.69 Å². The van der Waals surface area contributed by atoms with Gasteiger partial charge in [-0.25, -0.2) is 0 Å². The van der Waals surface area contributed by atoms with Crippen molar-refractivity contribution in [3.63, 3.8) is 0 Å². The number of anilines is 1. The molecule has 1 rings (SSSR count). The summed E-state index contributed by atoms with van der Waals surface area (Å²) in [7, 11) is 4.75. The van der Waals surface area contributed by atoms with Crippen molar-refractivity contribution in [1.82, 2.24) is 0 Å². The van der Waals surface area contributed by atoms with E-state index in [1.165, 1.54) is 6.82 Å². The van der Waals surface area contributed by atoms with Crippen molar-refractivity contribution in [2.45, 2.75) is 6.82 Å². The second-order valence-corrected chi connectivity index (χ2v) is 2.71. The molecule has 0 aliphatic heterocycles. The number of nitrogens with one attached hydrogen (secondary N) is 1. The third-order valence-electron chi connectivity index (χ3n) is 1.20. The minimum Gasteiger partial charge on any atom is -0.676 e. The molecular formula is C9H15BN2OY+. The molecule has 1 aromatic rings. The molecule has 0 saturated carbocycles. The molecule has 3 nitrogen and oxygen atoms in total. The fourth-order valence-corrected chi connectivity index (χ4v) is 0.682. The van der Waals surface area contributed by atoms with Crippen molar-refractivity contribution in [2.75, 3.05) is 11.9 Å².